The lowest BCUT2D eigenvalue weighted by Crippen LogP contribution is -2.07. The summed E-state index contributed by atoms with van der Waals surface area (Å²) in [6.45, 7) is 2.22. The van der Waals surface area contributed by atoms with Crippen molar-refractivity contribution in [2.45, 2.75) is 12.8 Å². The van der Waals surface area contributed by atoms with E-state index in [-0.39, 0.29) is 5.92 Å². The first-order valence-electron chi connectivity index (χ1n) is 8.43. The molecule has 0 fully saturated rings. The number of nitrogen functional groups attached to an aromatic ring is 2. The van der Waals surface area contributed by atoms with Crippen LogP contribution in [0, 0.1) is 0 Å². The fraction of sp³-hybridized carbons (Fsp3) is 0.0909. The number of ether oxygens (including phenoxy) is 1. The number of hydrogen-bond acceptors (Lipinski definition) is 3. The van der Waals surface area contributed by atoms with E-state index in [1.165, 1.54) is 11.1 Å². The van der Waals surface area contributed by atoms with Crippen molar-refractivity contribution in [2.24, 2.45) is 0 Å². The van der Waals surface area contributed by atoms with Crippen LogP contribution in [-0.2, 0) is 0 Å². The molecule has 0 unspecified atom stereocenters. The predicted octanol–water partition coefficient (Wildman–Crippen LogP) is 5.41. The molecule has 4 N–H and O–H groups in total. The van der Waals surface area contributed by atoms with Gasteiger partial charge >= 0.3 is 0 Å². The minimum Gasteiger partial charge on any atom is -0.457 e. The van der Waals surface area contributed by atoms with Gasteiger partial charge in [0.05, 0.1) is 0 Å². The Labute approximate surface area is 145 Å². The van der Waals surface area contributed by atoms with E-state index >= 15 is 0 Å². The summed E-state index contributed by atoms with van der Waals surface area (Å²) in [5.41, 5.74) is 15.8. The molecule has 122 valence electrons. The maximum Gasteiger partial charge on any atom is 0.131 e. The van der Waals surface area contributed by atoms with Crippen LogP contribution < -0.4 is 16.2 Å². The Morgan fingerprint density at radius 3 is 1.60 bits per heavy atom. The number of hydrogen-bond donors (Lipinski definition) is 2. The highest BCUT2D eigenvalue weighted by atomic mass is 16.5. The molecule has 0 amide bonds. The molecule has 0 saturated carbocycles. The summed E-state index contributed by atoms with van der Waals surface area (Å²) >= 11 is 0. The monoisotopic (exact) mass is 326 g/mol. The average Bonchev–Trinajstić information content (AvgIpc) is 2.60. The number of anilines is 2. The van der Waals surface area contributed by atoms with E-state index in [0.29, 0.717) is 0 Å². The van der Waals surface area contributed by atoms with Gasteiger partial charge in [0.1, 0.15) is 11.5 Å². The summed E-state index contributed by atoms with van der Waals surface area (Å²) < 4.78 is 6.26. The van der Waals surface area contributed by atoms with Crippen LogP contribution in [0.3, 0.4) is 0 Å². The zero-order chi connectivity index (χ0) is 17.1. The van der Waals surface area contributed by atoms with E-state index < -0.39 is 0 Å². The molecule has 0 bridgehead atoms. The number of fused-ring (bicyclic) bond motifs is 4. The Kier molecular flexibility index (Phi) is 2.78. The molecule has 0 spiro atoms. The lowest BCUT2D eigenvalue weighted by atomic mass is 9.87. The summed E-state index contributed by atoms with van der Waals surface area (Å²) in [5, 5.41) is 4.56. The molecule has 4 aromatic carbocycles. The maximum absolute atomic E-state index is 6.26. The predicted molar refractivity (Wildman–Crippen MR) is 104 cm³/mol. The van der Waals surface area contributed by atoms with Gasteiger partial charge in [0.15, 0.2) is 0 Å². The second-order valence-corrected chi connectivity index (χ2v) is 6.82. The van der Waals surface area contributed by atoms with Gasteiger partial charge in [-0.3, -0.25) is 0 Å². The Balaban J connectivity index is 1.73. The largest absolute Gasteiger partial charge is 0.457 e. The van der Waals surface area contributed by atoms with E-state index in [2.05, 4.69) is 31.2 Å². The van der Waals surface area contributed by atoms with Crippen LogP contribution in [0.25, 0.3) is 21.5 Å². The molecule has 0 radical (unpaired) electrons. The lowest BCUT2D eigenvalue weighted by molar-refractivity contribution is 0.451. The molecule has 0 atom stereocenters. The summed E-state index contributed by atoms with van der Waals surface area (Å²) in [5.74, 6) is 2.09. The van der Waals surface area contributed by atoms with Crippen LogP contribution in [0.5, 0.6) is 11.5 Å². The molecule has 0 aliphatic carbocycles. The van der Waals surface area contributed by atoms with Crippen LogP contribution in [0.1, 0.15) is 24.0 Å². The van der Waals surface area contributed by atoms with Crippen molar-refractivity contribution in [3.05, 3.63) is 71.8 Å². The van der Waals surface area contributed by atoms with E-state index in [0.717, 1.165) is 44.4 Å². The number of rotatable bonds is 0. The zero-order valence-electron chi connectivity index (χ0n) is 13.9. The minimum atomic E-state index is 0.246. The third-order valence-corrected chi connectivity index (χ3v) is 5.14. The van der Waals surface area contributed by atoms with Gasteiger partial charge in [0, 0.05) is 28.4 Å². The maximum atomic E-state index is 6.26. The van der Waals surface area contributed by atoms with Crippen molar-refractivity contribution < 1.29 is 4.74 Å². The van der Waals surface area contributed by atoms with Crippen LogP contribution in [0.4, 0.5) is 11.4 Å². The third-order valence-electron chi connectivity index (χ3n) is 5.14. The van der Waals surface area contributed by atoms with Crippen molar-refractivity contribution >= 4 is 32.9 Å². The van der Waals surface area contributed by atoms with E-state index in [9.17, 15) is 0 Å². The van der Waals surface area contributed by atoms with E-state index in [1.54, 1.807) is 0 Å². The Bertz CT molecular complexity index is 1070. The first-order chi connectivity index (χ1) is 12.1. The van der Waals surface area contributed by atoms with Gasteiger partial charge < -0.3 is 16.2 Å². The van der Waals surface area contributed by atoms with E-state index in [1.807, 2.05) is 36.4 Å². The topological polar surface area (TPSA) is 61.3 Å². The van der Waals surface area contributed by atoms with E-state index in [4.69, 9.17) is 16.2 Å². The molecular formula is C22H18N2O. The van der Waals surface area contributed by atoms with Gasteiger partial charge in [-0.1, -0.05) is 19.1 Å². The molecule has 5 rings (SSSR count). The molecule has 0 aromatic heterocycles. The minimum absolute atomic E-state index is 0.246. The summed E-state index contributed by atoms with van der Waals surface area (Å²) in [6.07, 6.45) is 0. The van der Waals surface area contributed by atoms with Crippen molar-refractivity contribution in [1.82, 2.24) is 0 Å². The smallest absolute Gasteiger partial charge is 0.131 e. The van der Waals surface area contributed by atoms with Crippen molar-refractivity contribution in [3.8, 4) is 11.5 Å². The van der Waals surface area contributed by atoms with Crippen LogP contribution >= 0.6 is 0 Å². The molecular weight excluding hydrogens is 308 g/mol. The van der Waals surface area contributed by atoms with Gasteiger partial charge in [0.25, 0.3) is 0 Å². The summed E-state index contributed by atoms with van der Waals surface area (Å²) in [4.78, 5) is 0. The average molecular weight is 326 g/mol. The highest BCUT2D eigenvalue weighted by molar-refractivity contribution is 5.90. The van der Waals surface area contributed by atoms with Gasteiger partial charge in [-0.25, -0.2) is 0 Å². The van der Waals surface area contributed by atoms with Crippen molar-refractivity contribution in [1.29, 1.82) is 0 Å². The molecule has 1 aliphatic rings. The molecule has 1 heterocycles. The van der Waals surface area contributed by atoms with Gasteiger partial charge in [0.2, 0.25) is 0 Å². The fourth-order valence-electron chi connectivity index (χ4n) is 3.77. The quantitative estimate of drug-likeness (QED) is 0.424. The van der Waals surface area contributed by atoms with Gasteiger partial charge in [-0.2, -0.15) is 0 Å². The van der Waals surface area contributed by atoms with Crippen molar-refractivity contribution in [2.75, 3.05) is 11.5 Å². The Hall–Kier alpha value is -3.20. The zero-order valence-corrected chi connectivity index (χ0v) is 13.9. The fourth-order valence-corrected chi connectivity index (χ4v) is 3.77. The number of nitrogens with two attached hydrogens (primary N) is 2. The number of benzene rings is 4. The SMILES string of the molecule is CC1c2cc3cc(N)ccc3cc2Oc2cc3ccc(N)cc3cc21. The Morgan fingerprint density at radius 1 is 0.640 bits per heavy atom. The molecule has 3 nitrogen and oxygen atoms in total. The highest BCUT2D eigenvalue weighted by Crippen LogP contribution is 2.46. The van der Waals surface area contributed by atoms with Crippen LogP contribution in [0.2, 0.25) is 0 Å². The summed E-state index contributed by atoms with van der Waals surface area (Å²) in [7, 11) is 0. The molecule has 25 heavy (non-hydrogen) atoms. The first kappa shape index (κ1) is 14.2. The third kappa shape index (κ3) is 2.13. The Morgan fingerprint density at radius 2 is 1.12 bits per heavy atom. The van der Waals surface area contributed by atoms with Gasteiger partial charge in [-0.15, -0.1) is 0 Å². The van der Waals surface area contributed by atoms with Crippen molar-refractivity contribution in [3.63, 3.8) is 0 Å². The summed E-state index contributed by atoms with van der Waals surface area (Å²) in [6, 6.07) is 20.6. The lowest BCUT2D eigenvalue weighted by Gasteiger charge is -2.27. The van der Waals surface area contributed by atoms with Crippen LogP contribution in [0.15, 0.2) is 60.7 Å². The molecule has 3 heteroatoms. The molecule has 4 aromatic rings. The second-order valence-electron chi connectivity index (χ2n) is 6.82. The normalized spacial score (nSPS) is 13.5. The standard InChI is InChI=1S/C22H18N2O/c1-12-19-8-15-6-17(23)4-2-13(15)10-21(19)25-22-11-14-3-5-18(24)7-16(14)9-20(12)22/h2-12H,23-24H2,1H3. The molecule has 0 saturated heterocycles. The van der Waals surface area contributed by atoms with Crippen LogP contribution in [-0.4, -0.2) is 0 Å². The highest BCUT2D eigenvalue weighted by Gasteiger charge is 2.25. The molecule has 1 aliphatic heterocycles. The first-order valence-corrected chi connectivity index (χ1v) is 8.43. The van der Waals surface area contributed by atoms with Gasteiger partial charge in [-0.05, 0) is 70.1 Å². The second kappa shape index (κ2) is 4.90.